The lowest BCUT2D eigenvalue weighted by Crippen LogP contribution is -1.95. The number of thiazole rings is 1. The Labute approximate surface area is 220 Å². The first-order chi connectivity index (χ1) is 16.7. The average Bonchev–Trinajstić information content (AvgIpc) is 3.26. The summed E-state index contributed by atoms with van der Waals surface area (Å²) in [5, 5.41) is 6.39. The van der Waals surface area contributed by atoms with E-state index < -0.39 is 7.29 Å². The molecule has 4 rings (SSSR count). The predicted molar refractivity (Wildman–Crippen MR) is 154 cm³/mol. The first-order valence-corrected chi connectivity index (χ1v) is 14.5. The van der Waals surface area contributed by atoms with Gasteiger partial charge in [-0.25, -0.2) is 4.98 Å². The highest BCUT2D eigenvalue weighted by molar-refractivity contribution is 7.72. The number of aromatic nitrogens is 1. The molecule has 0 atom stereocenters. The van der Waals surface area contributed by atoms with Gasteiger partial charge in [0.25, 0.3) is 0 Å². The highest BCUT2D eigenvalue weighted by atomic mass is 35.5. The molecule has 7 heteroatoms. The molecule has 0 saturated heterocycles. The van der Waals surface area contributed by atoms with Gasteiger partial charge in [-0.05, 0) is 43.0 Å². The minimum Gasteiger partial charge on any atom is -0.306 e. The van der Waals surface area contributed by atoms with Crippen LogP contribution in [0.4, 0.5) is 5.13 Å². The van der Waals surface area contributed by atoms with E-state index in [-0.39, 0.29) is 0 Å². The molecule has 0 aliphatic heterocycles. The highest BCUT2D eigenvalue weighted by Gasteiger charge is 2.22. The van der Waals surface area contributed by atoms with Gasteiger partial charge in [0, 0.05) is 22.6 Å². The fourth-order valence-corrected chi connectivity index (χ4v) is 7.79. The van der Waals surface area contributed by atoms with Crippen LogP contribution in [0.1, 0.15) is 27.8 Å². The molecule has 0 fully saturated rings. The van der Waals surface area contributed by atoms with Crippen LogP contribution in [0.5, 0.6) is 0 Å². The maximum Gasteiger partial charge on any atom is 0.217 e. The van der Waals surface area contributed by atoms with Crippen molar-refractivity contribution in [2.45, 2.75) is 20.8 Å². The lowest BCUT2D eigenvalue weighted by Gasteiger charge is -2.14. The Morgan fingerprint density at radius 2 is 1.34 bits per heavy atom. The first-order valence-electron chi connectivity index (χ1n) is 11.0. The number of aryl methyl sites for hydroxylation is 3. The van der Waals surface area contributed by atoms with E-state index in [1.54, 1.807) is 11.6 Å². The minimum absolute atomic E-state index is 0.372. The number of benzene rings is 3. The molecule has 1 aromatic heterocycles. The number of halogens is 2. The maximum atomic E-state index is 14.2. The van der Waals surface area contributed by atoms with Crippen LogP contribution in [0.15, 0.2) is 89.8 Å². The van der Waals surface area contributed by atoms with Gasteiger partial charge in [-0.15, -0.1) is 11.3 Å². The molecule has 178 valence electrons. The molecule has 3 nitrogen and oxygen atoms in total. The van der Waals surface area contributed by atoms with Gasteiger partial charge in [-0.2, -0.15) is 0 Å². The fourth-order valence-electron chi connectivity index (χ4n) is 3.96. The summed E-state index contributed by atoms with van der Waals surface area (Å²) < 4.78 is 14.2. The summed E-state index contributed by atoms with van der Waals surface area (Å²) in [7, 11) is -3.38. The Kier molecular flexibility index (Phi) is 7.98. The van der Waals surface area contributed by atoms with Crippen molar-refractivity contribution in [1.82, 2.24) is 4.98 Å². The van der Waals surface area contributed by atoms with Crippen molar-refractivity contribution in [3.05, 3.63) is 118 Å². The van der Waals surface area contributed by atoms with Gasteiger partial charge >= 0.3 is 0 Å². The van der Waals surface area contributed by atoms with Gasteiger partial charge in [0.15, 0.2) is 5.13 Å². The van der Waals surface area contributed by atoms with Crippen LogP contribution in [-0.4, -0.2) is 4.98 Å². The molecular formula is C28H25Cl2N2OPS. The maximum absolute atomic E-state index is 14.2. The van der Waals surface area contributed by atoms with Gasteiger partial charge in [0.05, 0.1) is 15.8 Å². The van der Waals surface area contributed by atoms with Crippen LogP contribution in [0.3, 0.4) is 0 Å². The van der Waals surface area contributed by atoms with Crippen molar-refractivity contribution in [1.29, 1.82) is 0 Å². The topological polar surface area (TPSA) is 42.0 Å². The van der Waals surface area contributed by atoms with Crippen molar-refractivity contribution >= 4 is 57.0 Å². The SMILES string of the molecule is Cc1cc(C)c(-c2csc(NP(=O)(/C=C(\Cl)c3ccccc3)/C=C(\Cl)c3ccccc3)n2)c(C)c1. The van der Waals surface area contributed by atoms with E-state index in [1.807, 2.05) is 66.0 Å². The van der Waals surface area contributed by atoms with E-state index in [0.717, 1.165) is 33.5 Å². The summed E-state index contributed by atoms with van der Waals surface area (Å²) in [4.78, 5) is 4.77. The van der Waals surface area contributed by atoms with E-state index >= 15 is 0 Å². The third kappa shape index (κ3) is 6.34. The summed E-state index contributed by atoms with van der Waals surface area (Å²) in [5.74, 6) is 3.08. The summed E-state index contributed by atoms with van der Waals surface area (Å²) in [5.41, 5.74) is 6.99. The van der Waals surface area contributed by atoms with Crippen LogP contribution in [0.2, 0.25) is 0 Å². The third-order valence-electron chi connectivity index (χ3n) is 5.42. The lowest BCUT2D eigenvalue weighted by atomic mass is 9.98. The van der Waals surface area contributed by atoms with Crippen LogP contribution < -0.4 is 5.09 Å². The number of anilines is 1. The molecule has 4 aromatic rings. The minimum atomic E-state index is -3.38. The van der Waals surface area contributed by atoms with E-state index in [2.05, 4.69) is 38.0 Å². The smallest absolute Gasteiger partial charge is 0.217 e. The molecule has 0 bridgehead atoms. The van der Waals surface area contributed by atoms with E-state index in [4.69, 9.17) is 28.2 Å². The van der Waals surface area contributed by atoms with Crippen molar-refractivity contribution < 1.29 is 4.57 Å². The van der Waals surface area contributed by atoms with E-state index in [1.165, 1.54) is 16.9 Å². The molecule has 35 heavy (non-hydrogen) atoms. The Balaban J connectivity index is 1.74. The van der Waals surface area contributed by atoms with Crippen LogP contribution in [0, 0.1) is 20.8 Å². The number of nitrogens with zero attached hydrogens (tertiary/aromatic N) is 1. The zero-order valence-electron chi connectivity index (χ0n) is 19.6. The standard InChI is InChI=1S/C28H25Cl2N2OPS/c1-19-14-20(2)27(21(3)15-19)26-18-35-28(31-26)32-34(33,16-24(29)22-10-6-4-7-11-22)17-25(30)23-12-8-5-9-13-23/h4-18H,1-3H3,(H,31,32,33)/b24-16-,25-17-. The zero-order valence-corrected chi connectivity index (χ0v) is 22.8. The quantitative estimate of drug-likeness (QED) is 0.238. The fraction of sp³-hybridized carbons (Fsp3) is 0.107. The average molecular weight is 539 g/mol. The highest BCUT2D eigenvalue weighted by Crippen LogP contribution is 2.54. The van der Waals surface area contributed by atoms with Crippen LogP contribution >= 0.6 is 41.8 Å². The summed E-state index contributed by atoms with van der Waals surface area (Å²) in [6.07, 6.45) is 0. The molecule has 1 heterocycles. The first kappa shape index (κ1) is 25.5. The second kappa shape index (κ2) is 11.0. The molecule has 0 saturated carbocycles. The Bertz CT molecular complexity index is 1360. The van der Waals surface area contributed by atoms with Crippen LogP contribution in [0.25, 0.3) is 21.3 Å². The zero-order chi connectivity index (χ0) is 25.0. The van der Waals surface area contributed by atoms with E-state index in [9.17, 15) is 4.57 Å². The van der Waals surface area contributed by atoms with Crippen molar-refractivity contribution in [3.8, 4) is 11.3 Å². The molecule has 0 amide bonds. The molecular weight excluding hydrogens is 514 g/mol. The third-order valence-corrected chi connectivity index (χ3v) is 9.13. The summed E-state index contributed by atoms with van der Waals surface area (Å²) in [6, 6.07) is 23.1. The molecule has 0 aliphatic rings. The predicted octanol–water partition coefficient (Wildman–Crippen LogP) is 9.90. The molecule has 0 radical (unpaired) electrons. The monoisotopic (exact) mass is 538 g/mol. The lowest BCUT2D eigenvalue weighted by molar-refractivity contribution is 0.589. The number of hydrogen-bond acceptors (Lipinski definition) is 3. The van der Waals surface area contributed by atoms with Gasteiger partial charge < -0.3 is 5.09 Å². The second-order valence-electron chi connectivity index (χ2n) is 8.32. The summed E-state index contributed by atoms with van der Waals surface area (Å²) in [6.45, 7) is 6.24. The molecule has 0 aliphatic carbocycles. The van der Waals surface area contributed by atoms with Crippen molar-refractivity contribution in [2.24, 2.45) is 0 Å². The normalized spacial score (nSPS) is 12.6. The molecule has 0 unspecified atom stereocenters. The van der Waals surface area contributed by atoms with Crippen molar-refractivity contribution in [2.75, 3.05) is 5.09 Å². The van der Waals surface area contributed by atoms with Crippen molar-refractivity contribution in [3.63, 3.8) is 0 Å². The second-order valence-corrected chi connectivity index (χ2v) is 12.2. The van der Waals surface area contributed by atoms with E-state index in [0.29, 0.717) is 15.2 Å². The molecule has 0 spiro atoms. The molecule has 3 aromatic carbocycles. The number of nitrogens with one attached hydrogen (secondary N) is 1. The van der Waals surface area contributed by atoms with Crippen LogP contribution in [-0.2, 0) is 4.57 Å². The Morgan fingerprint density at radius 1 is 0.857 bits per heavy atom. The Morgan fingerprint density at radius 3 is 1.83 bits per heavy atom. The molecule has 1 N–H and O–H groups in total. The van der Waals surface area contributed by atoms with Gasteiger partial charge in [0.1, 0.15) is 0 Å². The van der Waals surface area contributed by atoms with Gasteiger partial charge in [-0.1, -0.05) is 102 Å². The Hall–Kier alpha value is -2.62. The van der Waals surface area contributed by atoms with Gasteiger partial charge in [-0.3, -0.25) is 4.57 Å². The number of hydrogen-bond donors (Lipinski definition) is 1. The summed E-state index contributed by atoms with van der Waals surface area (Å²) >= 11 is 14.6. The largest absolute Gasteiger partial charge is 0.306 e. The number of rotatable bonds is 7. The van der Waals surface area contributed by atoms with Gasteiger partial charge in [0.2, 0.25) is 7.29 Å².